The maximum atomic E-state index is 10.1. The summed E-state index contributed by atoms with van der Waals surface area (Å²) >= 11 is 0. The molecular weight excluding hydrogens is 174 g/mol. The number of carboxylic acids is 1. The second-order valence-corrected chi connectivity index (χ2v) is 3.24. The van der Waals surface area contributed by atoms with Crippen molar-refractivity contribution >= 4 is 5.97 Å². The number of ether oxygens (including phenoxy) is 1. The molecule has 0 aliphatic heterocycles. The standard InChI is InChI=1S/C8H17NO4/c1-8(12,3-4-13-2)6-9-5-7(10)11/h9,12H,3-6H2,1-2H3,(H,10,11). The zero-order valence-electron chi connectivity index (χ0n) is 8.04. The molecule has 0 saturated carbocycles. The first-order chi connectivity index (χ1) is 5.98. The van der Waals surface area contributed by atoms with Crippen LogP contribution in [0.4, 0.5) is 0 Å². The Morgan fingerprint density at radius 1 is 1.62 bits per heavy atom. The zero-order chi connectivity index (χ0) is 10.3. The highest BCUT2D eigenvalue weighted by atomic mass is 16.5. The van der Waals surface area contributed by atoms with E-state index in [1.54, 1.807) is 14.0 Å². The number of rotatable bonds is 7. The molecule has 0 spiro atoms. The Hall–Kier alpha value is -0.650. The first kappa shape index (κ1) is 12.3. The van der Waals surface area contributed by atoms with Crippen LogP contribution in [0.2, 0.25) is 0 Å². The monoisotopic (exact) mass is 191 g/mol. The molecule has 13 heavy (non-hydrogen) atoms. The van der Waals surface area contributed by atoms with Crippen molar-refractivity contribution in [2.24, 2.45) is 0 Å². The lowest BCUT2D eigenvalue weighted by Gasteiger charge is -2.22. The van der Waals surface area contributed by atoms with Crippen LogP contribution in [0.5, 0.6) is 0 Å². The number of hydrogen-bond acceptors (Lipinski definition) is 4. The Labute approximate surface area is 77.7 Å². The fraction of sp³-hybridized carbons (Fsp3) is 0.875. The number of aliphatic carboxylic acids is 1. The lowest BCUT2D eigenvalue weighted by atomic mass is 10.0. The number of hydrogen-bond donors (Lipinski definition) is 3. The van der Waals surface area contributed by atoms with Gasteiger partial charge in [-0.3, -0.25) is 4.79 Å². The van der Waals surface area contributed by atoms with Crippen LogP contribution < -0.4 is 5.32 Å². The second-order valence-electron chi connectivity index (χ2n) is 3.24. The second kappa shape index (κ2) is 5.90. The molecular formula is C8H17NO4. The number of aliphatic hydroxyl groups is 1. The van der Waals surface area contributed by atoms with E-state index in [9.17, 15) is 9.90 Å². The van der Waals surface area contributed by atoms with E-state index in [2.05, 4.69) is 5.32 Å². The third-order valence-corrected chi connectivity index (χ3v) is 1.63. The summed E-state index contributed by atoms with van der Waals surface area (Å²) in [5.74, 6) is -0.928. The van der Waals surface area contributed by atoms with Gasteiger partial charge in [0.15, 0.2) is 0 Å². The minimum Gasteiger partial charge on any atom is -0.480 e. The van der Waals surface area contributed by atoms with E-state index in [0.717, 1.165) is 0 Å². The van der Waals surface area contributed by atoms with Gasteiger partial charge in [0.05, 0.1) is 12.1 Å². The predicted octanol–water partition coefficient (Wildman–Crippen LogP) is -0.552. The minimum atomic E-state index is -0.928. The molecule has 0 aromatic heterocycles. The molecule has 1 unspecified atom stereocenters. The van der Waals surface area contributed by atoms with Gasteiger partial charge in [-0.25, -0.2) is 0 Å². The van der Waals surface area contributed by atoms with Crippen LogP contribution in [-0.4, -0.2) is 48.6 Å². The van der Waals surface area contributed by atoms with Crippen molar-refractivity contribution in [3.63, 3.8) is 0 Å². The predicted molar refractivity (Wildman–Crippen MR) is 47.6 cm³/mol. The lowest BCUT2D eigenvalue weighted by Crippen LogP contribution is -2.40. The Balaban J connectivity index is 3.56. The van der Waals surface area contributed by atoms with E-state index in [1.165, 1.54) is 0 Å². The molecule has 0 radical (unpaired) electrons. The van der Waals surface area contributed by atoms with Crippen LogP contribution in [0.25, 0.3) is 0 Å². The first-order valence-electron chi connectivity index (χ1n) is 4.12. The van der Waals surface area contributed by atoms with Crippen molar-refractivity contribution in [3.05, 3.63) is 0 Å². The maximum Gasteiger partial charge on any atom is 0.317 e. The van der Waals surface area contributed by atoms with E-state index in [-0.39, 0.29) is 13.1 Å². The molecule has 3 N–H and O–H groups in total. The number of nitrogens with one attached hydrogen (secondary N) is 1. The summed E-state index contributed by atoms with van der Waals surface area (Å²) in [5, 5.41) is 20.6. The lowest BCUT2D eigenvalue weighted by molar-refractivity contribution is -0.136. The molecule has 1 atom stereocenters. The average molecular weight is 191 g/mol. The number of carbonyl (C=O) groups is 1. The summed E-state index contributed by atoms with van der Waals surface area (Å²) in [6, 6.07) is 0. The molecule has 0 bridgehead atoms. The van der Waals surface area contributed by atoms with E-state index in [4.69, 9.17) is 9.84 Å². The van der Waals surface area contributed by atoms with Gasteiger partial charge in [-0.15, -0.1) is 0 Å². The van der Waals surface area contributed by atoms with E-state index >= 15 is 0 Å². The Morgan fingerprint density at radius 2 is 2.23 bits per heavy atom. The minimum absolute atomic E-state index is 0.136. The SMILES string of the molecule is COCCC(C)(O)CNCC(=O)O. The molecule has 0 amide bonds. The molecule has 5 nitrogen and oxygen atoms in total. The third-order valence-electron chi connectivity index (χ3n) is 1.63. The Morgan fingerprint density at radius 3 is 2.69 bits per heavy atom. The molecule has 0 aliphatic carbocycles. The molecule has 5 heteroatoms. The smallest absolute Gasteiger partial charge is 0.317 e. The molecule has 0 saturated heterocycles. The summed E-state index contributed by atoms with van der Waals surface area (Å²) in [6.07, 6.45) is 0.482. The van der Waals surface area contributed by atoms with Gasteiger partial charge in [0.2, 0.25) is 0 Å². The largest absolute Gasteiger partial charge is 0.480 e. The fourth-order valence-electron chi connectivity index (χ4n) is 0.849. The quantitative estimate of drug-likeness (QED) is 0.503. The summed E-state index contributed by atoms with van der Waals surface area (Å²) < 4.78 is 4.80. The summed E-state index contributed by atoms with van der Waals surface area (Å²) in [7, 11) is 1.56. The number of methoxy groups -OCH3 is 1. The highest BCUT2D eigenvalue weighted by Gasteiger charge is 2.19. The van der Waals surface area contributed by atoms with Crippen molar-refractivity contribution in [2.75, 3.05) is 26.8 Å². The zero-order valence-corrected chi connectivity index (χ0v) is 8.04. The fourth-order valence-corrected chi connectivity index (χ4v) is 0.849. The van der Waals surface area contributed by atoms with Gasteiger partial charge in [-0.2, -0.15) is 0 Å². The molecule has 0 aliphatic rings. The molecule has 0 aromatic rings. The number of carboxylic acid groups (broad SMARTS) is 1. The van der Waals surface area contributed by atoms with Gasteiger partial charge in [0.1, 0.15) is 0 Å². The van der Waals surface area contributed by atoms with Crippen molar-refractivity contribution in [3.8, 4) is 0 Å². The van der Waals surface area contributed by atoms with Crippen LogP contribution >= 0.6 is 0 Å². The van der Waals surface area contributed by atoms with Crippen LogP contribution in [-0.2, 0) is 9.53 Å². The van der Waals surface area contributed by atoms with Gasteiger partial charge in [-0.05, 0) is 6.92 Å². The molecule has 0 aromatic carbocycles. The highest BCUT2D eigenvalue weighted by molar-refractivity contribution is 5.68. The van der Waals surface area contributed by atoms with E-state index in [0.29, 0.717) is 13.0 Å². The topological polar surface area (TPSA) is 78.8 Å². The van der Waals surface area contributed by atoms with Crippen molar-refractivity contribution in [2.45, 2.75) is 18.9 Å². The maximum absolute atomic E-state index is 10.1. The van der Waals surface area contributed by atoms with Gasteiger partial charge in [-0.1, -0.05) is 0 Å². The van der Waals surface area contributed by atoms with Gasteiger partial charge >= 0.3 is 5.97 Å². The van der Waals surface area contributed by atoms with E-state index < -0.39 is 11.6 Å². The van der Waals surface area contributed by atoms with Gasteiger partial charge in [0.25, 0.3) is 0 Å². The summed E-state index contributed by atoms with van der Waals surface area (Å²) in [6.45, 7) is 2.22. The van der Waals surface area contributed by atoms with Gasteiger partial charge in [0, 0.05) is 26.7 Å². The molecule has 0 heterocycles. The molecule has 0 rings (SSSR count). The normalized spacial score (nSPS) is 15.3. The third kappa shape index (κ3) is 7.70. The molecule has 78 valence electrons. The first-order valence-corrected chi connectivity index (χ1v) is 4.12. The van der Waals surface area contributed by atoms with E-state index in [1.807, 2.05) is 0 Å². The molecule has 0 fully saturated rings. The summed E-state index contributed by atoms with van der Waals surface area (Å²) in [5.41, 5.74) is -0.911. The van der Waals surface area contributed by atoms with Crippen LogP contribution in [0.3, 0.4) is 0 Å². The van der Waals surface area contributed by atoms with Crippen molar-refractivity contribution in [1.82, 2.24) is 5.32 Å². The summed E-state index contributed by atoms with van der Waals surface area (Å²) in [4.78, 5) is 10.1. The van der Waals surface area contributed by atoms with Crippen LogP contribution in [0.1, 0.15) is 13.3 Å². The highest BCUT2D eigenvalue weighted by Crippen LogP contribution is 2.06. The Kier molecular flexibility index (Phi) is 5.61. The van der Waals surface area contributed by atoms with Crippen LogP contribution in [0, 0.1) is 0 Å². The Bertz CT molecular complexity index is 158. The van der Waals surface area contributed by atoms with Crippen LogP contribution in [0.15, 0.2) is 0 Å². The van der Waals surface area contributed by atoms with Crippen molar-refractivity contribution < 1.29 is 19.7 Å². The average Bonchev–Trinajstić information content (AvgIpc) is 2.00. The van der Waals surface area contributed by atoms with Gasteiger partial charge < -0.3 is 20.3 Å². The van der Waals surface area contributed by atoms with Crippen molar-refractivity contribution in [1.29, 1.82) is 0 Å².